The largest absolute Gasteiger partial charge is 0.489 e. The molecule has 0 aliphatic carbocycles. The monoisotopic (exact) mass is 410 g/mol. The molecule has 6 heteroatoms. The van der Waals surface area contributed by atoms with Crippen LogP contribution in [0.3, 0.4) is 0 Å². The van der Waals surface area contributed by atoms with Gasteiger partial charge in [0, 0.05) is 26.2 Å². The van der Waals surface area contributed by atoms with Gasteiger partial charge in [-0.1, -0.05) is 42.5 Å². The first-order valence-corrected chi connectivity index (χ1v) is 10.9. The number of morpholine rings is 1. The van der Waals surface area contributed by atoms with Crippen molar-refractivity contribution < 1.29 is 9.47 Å². The van der Waals surface area contributed by atoms with Crippen molar-refractivity contribution in [3.63, 3.8) is 0 Å². The smallest absolute Gasteiger partial charge is 0.191 e. The van der Waals surface area contributed by atoms with Crippen LogP contribution in [0.5, 0.6) is 5.75 Å². The number of aliphatic imine (C=N–C) groups is 1. The molecule has 0 bridgehead atoms. The Kier molecular flexibility index (Phi) is 9.50. The minimum atomic E-state index is 0.570. The van der Waals surface area contributed by atoms with E-state index in [9.17, 15) is 0 Å². The number of hydrogen-bond acceptors (Lipinski definition) is 4. The highest BCUT2D eigenvalue weighted by Gasteiger charge is 2.09. The van der Waals surface area contributed by atoms with Gasteiger partial charge in [0.15, 0.2) is 5.96 Å². The van der Waals surface area contributed by atoms with Gasteiger partial charge in [0.2, 0.25) is 0 Å². The molecule has 1 aliphatic heterocycles. The van der Waals surface area contributed by atoms with Crippen LogP contribution in [0.2, 0.25) is 0 Å². The molecule has 0 aromatic heterocycles. The Balaban J connectivity index is 1.40. The van der Waals surface area contributed by atoms with Crippen LogP contribution in [-0.2, 0) is 17.9 Å². The summed E-state index contributed by atoms with van der Waals surface area (Å²) >= 11 is 0. The van der Waals surface area contributed by atoms with Crippen LogP contribution in [0.4, 0.5) is 0 Å². The fraction of sp³-hybridized carbons (Fsp3) is 0.458. The Morgan fingerprint density at radius 3 is 2.47 bits per heavy atom. The average molecular weight is 411 g/mol. The average Bonchev–Trinajstić information content (AvgIpc) is 2.81. The van der Waals surface area contributed by atoms with E-state index in [0.29, 0.717) is 13.2 Å². The zero-order chi connectivity index (χ0) is 20.9. The molecule has 30 heavy (non-hydrogen) atoms. The Morgan fingerprint density at radius 1 is 1.00 bits per heavy atom. The quantitative estimate of drug-likeness (QED) is 0.358. The van der Waals surface area contributed by atoms with Crippen molar-refractivity contribution in [3.8, 4) is 5.75 Å². The van der Waals surface area contributed by atoms with Crippen molar-refractivity contribution >= 4 is 5.96 Å². The lowest BCUT2D eigenvalue weighted by Gasteiger charge is -2.26. The van der Waals surface area contributed by atoms with E-state index >= 15 is 0 Å². The first kappa shape index (κ1) is 22.1. The Hall–Kier alpha value is -2.57. The molecular weight excluding hydrogens is 376 g/mol. The highest BCUT2D eigenvalue weighted by atomic mass is 16.5. The molecule has 0 amide bonds. The molecule has 1 fully saturated rings. The van der Waals surface area contributed by atoms with Crippen LogP contribution in [0, 0.1) is 0 Å². The minimum Gasteiger partial charge on any atom is -0.489 e. The molecule has 2 N–H and O–H groups in total. The number of benzene rings is 2. The summed E-state index contributed by atoms with van der Waals surface area (Å²) in [4.78, 5) is 7.18. The first-order valence-electron chi connectivity index (χ1n) is 10.9. The second kappa shape index (κ2) is 12.9. The number of rotatable bonds is 10. The van der Waals surface area contributed by atoms with Gasteiger partial charge < -0.3 is 20.1 Å². The van der Waals surface area contributed by atoms with Gasteiger partial charge in [-0.25, -0.2) is 4.99 Å². The molecule has 1 heterocycles. The fourth-order valence-corrected chi connectivity index (χ4v) is 3.27. The number of para-hydroxylation sites is 1. The van der Waals surface area contributed by atoms with Crippen LogP contribution in [0.15, 0.2) is 59.6 Å². The molecule has 0 radical (unpaired) electrons. The summed E-state index contributed by atoms with van der Waals surface area (Å²) in [6.45, 7) is 9.97. The van der Waals surface area contributed by atoms with Crippen LogP contribution in [0.25, 0.3) is 0 Å². The van der Waals surface area contributed by atoms with Crippen LogP contribution < -0.4 is 15.4 Å². The maximum absolute atomic E-state index is 5.80. The predicted octanol–water partition coefficient (Wildman–Crippen LogP) is 3.04. The molecule has 0 atom stereocenters. The molecule has 3 rings (SSSR count). The van der Waals surface area contributed by atoms with Crippen molar-refractivity contribution in [1.82, 2.24) is 15.5 Å². The molecule has 2 aromatic rings. The van der Waals surface area contributed by atoms with Gasteiger partial charge in [-0.05, 0) is 43.1 Å². The first-order chi connectivity index (χ1) is 14.8. The number of nitrogens with zero attached hydrogens (tertiary/aromatic N) is 2. The lowest BCUT2D eigenvalue weighted by atomic mass is 10.1. The summed E-state index contributed by atoms with van der Waals surface area (Å²) < 4.78 is 11.2. The zero-order valence-corrected chi connectivity index (χ0v) is 18.0. The highest BCUT2D eigenvalue weighted by Crippen LogP contribution is 2.12. The molecule has 1 saturated heterocycles. The van der Waals surface area contributed by atoms with Gasteiger partial charge >= 0.3 is 0 Å². The molecule has 0 spiro atoms. The summed E-state index contributed by atoms with van der Waals surface area (Å²) in [7, 11) is 0. The second-order valence-corrected chi connectivity index (χ2v) is 7.35. The van der Waals surface area contributed by atoms with Crippen molar-refractivity contribution in [3.05, 3.63) is 65.7 Å². The van der Waals surface area contributed by atoms with E-state index in [1.54, 1.807) is 0 Å². The van der Waals surface area contributed by atoms with Gasteiger partial charge in [0.25, 0.3) is 0 Å². The zero-order valence-electron chi connectivity index (χ0n) is 18.0. The maximum Gasteiger partial charge on any atom is 0.191 e. The van der Waals surface area contributed by atoms with Crippen molar-refractivity contribution in [2.45, 2.75) is 26.5 Å². The van der Waals surface area contributed by atoms with Crippen LogP contribution in [0.1, 0.15) is 24.5 Å². The second-order valence-electron chi connectivity index (χ2n) is 7.35. The van der Waals surface area contributed by atoms with E-state index in [4.69, 9.17) is 14.5 Å². The summed E-state index contributed by atoms with van der Waals surface area (Å²) in [5.41, 5.74) is 2.34. The molecule has 162 valence electrons. The molecule has 1 aliphatic rings. The third-order valence-corrected chi connectivity index (χ3v) is 4.98. The van der Waals surface area contributed by atoms with E-state index in [1.165, 1.54) is 5.56 Å². The summed E-state index contributed by atoms with van der Waals surface area (Å²) in [6.07, 6.45) is 1.10. The van der Waals surface area contributed by atoms with E-state index in [1.807, 2.05) is 30.3 Å². The highest BCUT2D eigenvalue weighted by molar-refractivity contribution is 5.79. The third kappa shape index (κ3) is 8.05. The minimum absolute atomic E-state index is 0.570. The number of hydrogen-bond donors (Lipinski definition) is 2. The van der Waals surface area contributed by atoms with Crippen molar-refractivity contribution in [2.75, 3.05) is 45.9 Å². The molecular formula is C24H34N4O2. The molecule has 0 unspecified atom stereocenters. The SMILES string of the molecule is CCNC(=NCc1ccc(COc2ccccc2)cc1)NCCCN1CCOCC1. The molecule has 0 saturated carbocycles. The van der Waals surface area contributed by atoms with Gasteiger partial charge in [-0.15, -0.1) is 0 Å². The topological polar surface area (TPSA) is 58.1 Å². The van der Waals surface area contributed by atoms with Crippen molar-refractivity contribution in [2.24, 2.45) is 4.99 Å². The Bertz CT molecular complexity index is 744. The normalized spacial score (nSPS) is 15.0. The lowest BCUT2D eigenvalue weighted by Crippen LogP contribution is -2.40. The Morgan fingerprint density at radius 2 is 1.73 bits per heavy atom. The standard InChI is InChI=1S/C24H34N4O2/c1-2-25-24(26-13-6-14-28-15-17-29-18-16-28)27-19-21-9-11-22(12-10-21)20-30-23-7-4-3-5-8-23/h3-5,7-12H,2,6,13-20H2,1H3,(H2,25,26,27). The molecule has 2 aromatic carbocycles. The van der Waals surface area contributed by atoms with Crippen LogP contribution in [-0.4, -0.2) is 56.8 Å². The van der Waals surface area contributed by atoms with Gasteiger partial charge in [-0.3, -0.25) is 4.90 Å². The van der Waals surface area contributed by atoms with Gasteiger partial charge in [-0.2, -0.15) is 0 Å². The number of nitrogens with one attached hydrogen (secondary N) is 2. The summed E-state index contributed by atoms with van der Waals surface area (Å²) in [5.74, 6) is 1.76. The summed E-state index contributed by atoms with van der Waals surface area (Å²) in [5, 5.41) is 6.77. The number of ether oxygens (including phenoxy) is 2. The van der Waals surface area contributed by atoms with Gasteiger partial charge in [0.1, 0.15) is 12.4 Å². The van der Waals surface area contributed by atoms with Gasteiger partial charge in [0.05, 0.1) is 19.8 Å². The van der Waals surface area contributed by atoms with E-state index < -0.39 is 0 Å². The fourth-order valence-electron chi connectivity index (χ4n) is 3.27. The third-order valence-electron chi connectivity index (χ3n) is 4.98. The van der Waals surface area contributed by atoms with Crippen molar-refractivity contribution in [1.29, 1.82) is 0 Å². The summed E-state index contributed by atoms with van der Waals surface area (Å²) in [6, 6.07) is 18.3. The van der Waals surface area contributed by atoms with E-state index in [2.05, 4.69) is 46.7 Å². The predicted molar refractivity (Wildman–Crippen MR) is 122 cm³/mol. The Labute approximate surface area is 180 Å². The number of guanidine groups is 1. The lowest BCUT2D eigenvalue weighted by molar-refractivity contribution is 0.0376. The maximum atomic E-state index is 5.80. The van der Waals surface area contributed by atoms with Crippen LogP contribution >= 0.6 is 0 Å². The van der Waals surface area contributed by atoms with E-state index in [-0.39, 0.29) is 0 Å². The molecule has 6 nitrogen and oxygen atoms in total. The van der Waals surface area contributed by atoms with E-state index in [0.717, 1.165) is 69.6 Å².